The number of halogens is 2. The maximum Gasteiger partial charge on any atom is 0.258 e. The van der Waals surface area contributed by atoms with Crippen LogP contribution >= 0.6 is 23.2 Å². The van der Waals surface area contributed by atoms with Crippen molar-refractivity contribution in [2.45, 2.75) is 32.6 Å². The number of rotatable bonds is 3. The van der Waals surface area contributed by atoms with E-state index in [9.17, 15) is 14.4 Å². The number of piperidine rings is 1. The zero-order chi connectivity index (χ0) is 22.3. The lowest BCUT2D eigenvalue weighted by Gasteiger charge is -2.35. The van der Waals surface area contributed by atoms with Crippen LogP contribution in [0.1, 0.15) is 38.2 Å². The zero-order valence-electron chi connectivity index (χ0n) is 17.2. The molecule has 0 spiro atoms. The summed E-state index contributed by atoms with van der Waals surface area (Å²) in [5, 5.41) is 5.80. The van der Waals surface area contributed by atoms with Crippen LogP contribution in [0.4, 0.5) is 17.5 Å². The Hall–Kier alpha value is -2.58. The molecule has 2 amide bonds. The van der Waals surface area contributed by atoms with Crippen molar-refractivity contribution in [2.75, 3.05) is 28.6 Å². The first-order valence-corrected chi connectivity index (χ1v) is 10.9. The number of aromatic amines is 1. The van der Waals surface area contributed by atoms with E-state index < -0.39 is 17.4 Å². The fraction of sp³-hybridized carbons (Fsp3) is 0.429. The van der Waals surface area contributed by atoms with E-state index in [0.29, 0.717) is 23.5 Å². The molecule has 1 aromatic carbocycles. The maximum atomic E-state index is 13.0. The van der Waals surface area contributed by atoms with Crippen molar-refractivity contribution in [1.29, 1.82) is 0 Å². The smallest absolute Gasteiger partial charge is 0.258 e. The number of hydrogen-bond donors (Lipinski definition) is 3. The molecule has 0 aliphatic carbocycles. The number of nitrogens with one attached hydrogen (secondary N) is 3. The topological polar surface area (TPSA) is 107 Å². The summed E-state index contributed by atoms with van der Waals surface area (Å²) < 4.78 is 0. The zero-order valence-corrected chi connectivity index (χ0v) is 18.7. The minimum Gasteiger partial charge on any atom is -0.342 e. The van der Waals surface area contributed by atoms with E-state index in [-0.39, 0.29) is 33.8 Å². The van der Waals surface area contributed by atoms with Crippen molar-refractivity contribution in [3.63, 3.8) is 0 Å². The maximum absolute atomic E-state index is 13.0. The number of hydrogen-bond acceptors (Lipinski definition) is 5. The van der Waals surface area contributed by atoms with Gasteiger partial charge in [-0.1, -0.05) is 43.1 Å². The van der Waals surface area contributed by atoms with E-state index in [1.807, 2.05) is 4.90 Å². The Labute approximate surface area is 189 Å². The number of fused-ring (bicyclic) bond motifs is 1. The summed E-state index contributed by atoms with van der Waals surface area (Å²) in [6, 6.07) is 4.84. The number of nitrogens with zero attached hydrogens (tertiary/aromatic N) is 2. The standard InChI is InChI=1S/C21H23Cl2N5O3/c1-10-6-11(2)9-28(8-10)21-26-18-16(20(31)27-21)12(7-15(29)25-18)19(30)24-14-5-3-4-13(22)17(14)23/h3-5,10-12H,6-9H2,1-2H3,(H,24,30)(H2,25,26,27,29,31)/t10-,11-,12-/m1/s1. The average molecular weight is 464 g/mol. The van der Waals surface area contributed by atoms with Gasteiger partial charge in [-0.3, -0.25) is 19.4 Å². The van der Waals surface area contributed by atoms with Crippen LogP contribution in [0.3, 0.4) is 0 Å². The predicted octanol–water partition coefficient (Wildman–Crippen LogP) is 3.62. The van der Waals surface area contributed by atoms with Crippen molar-refractivity contribution in [1.82, 2.24) is 9.97 Å². The van der Waals surface area contributed by atoms with Crippen LogP contribution in [0.5, 0.6) is 0 Å². The first-order valence-electron chi connectivity index (χ1n) is 10.2. The second kappa shape index (κ2) is 8.51. The predicted molar refractivity (Wildman–Crippen MR) is 121 cm³/mol. The van der Waals surface area contributed by atoms with Gasteiger partial charge in [0.2, 0.25) is 17.8 Å². The van der Waals surface area contributed by atoms with E-state index in [4.69, 9.17) is 23.2 Å². The molecule has 4 rings (SSSR count). The summed E-state index contributed by atoms with van der Waals surface area (Å²) in [5.41, 5.74) is 0.00401. The second-order valence-electron chi connectivity index (χ2n) is 8.40. The highest BCUT2D eigenvalue weighted by molar-refractivity contribution is 6.44. The van der Waals surface area contributed by atoms with Gasteiger partial charge in [0.15, 0.2) is 0 Å². The van der Waals surface area contributed by atoms with Crippen LogP contribution in [0.2, 0.25) is 10.0 Å². The molecule has 0 unspecified atom stereocenters. The molecule has 0 saturated carbocycles. The van der Waals surface area contributed by atoms with Crippen LogP contribution in [0.25, 0.3) is 0 Å². The third-order valence-electron chi connectivity index (χ3n) is 5.63. The van der Waals surface area contributed by atoms with Gasteiger partial charge < -0.3 is 15.5 Å². The second-order valence-corrected chi connectivity index (χ2v) is 9.18. The molecule has 3 atom stereocenters. The van der Waals surface area contributed by atoms with Crippen molar-refractivity contribution in [3.8, 4) is 0 Å². The quantitative estimate of drug-likeness (QED) is 0.643. The van der Waals surface area contributed by atoms with Gasteiger partial charge in [0.1, 0.15) is 5.82 Å². The summed E-state index contributed by atoms with van der Waals surface area (Å²) in [6.45, 7) is 5.83. The number of amides is 2. The summed E-state index contributed by atoms with van der Waals surface area (Å²) in [5.74, 6) is -0.459. The molecule has 3 N–H and O–H groups in total. The molecule has 3 heterocycles. The SMILES string of the molecule is C[C@@H]1C[C@@H](C)CN(c2nc3c(c(=O)[nH]2)[C@H](C(=O)Nc2cccc(Cl)c2Cl)CC(=O)N3)C1. The van der Waals surface area contributed by atoms with E-state index in [2.05, 4.69) is 34.4 Å². The number of carbonyl (C=O) groups excluding carboxylic acids is 2. The molecule has 1 fully saturated rings. The number of H-pyrrole nitrogens is 1. The number of benzene rings is 1. The van der Waals surface area contributed by atoms with Crippen LogP contribution in [-0.4, -0.2) is 34.9 Å². The van der Waals surface area contributed by atoms with Gasteiger partial charge in [-0.25, -0.2) is 0 Å². The highest BCUT2D eigenvalue weighted by Gasteiger charge is 2.36. The molecule has 10 heteroatoms. The van der Waals surface area contributed by atoms with Gasteiger partial charge in [-0.15, -0.1) is 0 Å². The molecule has 0 bridgehead atoms. The Balaban J connectivity index is 1.66. The van der Waals surface area contributed by atoms with Gasteiger partial charge >= 0.3 is 0 Å². The largest absolute Gasteiger partial charge is 0.342 e. The lowest BCUT2D eigenvalue weighted by atomic mass is 9.91. The Kier molecular flexibility index (Phi) is 5.94. The van der Waals surface area contributed by atoms with E-state index in [1.165, 1.54) is 0 Å². The minimum atomic E-state index is -0.997. The molecule has 2 aromatic rings. The Morgan fingerprint density at radius 1 is 1.19 bits per heavy atom. The molecule has 164 valence electrons. The monoisotopic (exact) mass is 463 g/mol. The average Bonchev–Trinajstić information content (AvgIpc) is 2.69. The van der Waals surface area contributed by atoms with Crippen molar-refractivity contribution in [2.24, 2.45) is 11.8 Å². The molecule has 31 heavy (non-hydrogen) atoms. The molecular weight excluding hydrogens is 441 g/mol. The summed E-state index contributed by atoms with van der Waals surface area (Å²) in [7, 11) is 0. The Morgan fingerprint density at radius 2 is 1.90 bits per heavy atom. The molecule has 0 radical (unpaired) electrons. The molecule has 1 saturated heterocycles. The molecule has 8 nitrogen and oxygen atoms in total. The lowest BCUT2D eigenvalue weighted by molar-refractivity contribution is -0.123. The third kappa shape index (κ3) is 4.41. The van der Waals surface area contributed by atoms with Gasteiger partial charge in [-0.2, -0.15) is 4.98 Å². The van der Waals surface area contributed by atoms with Crippen LogP contribution in [0, 0.1) is 11.8 Å². The molecule has 2 aliphatic heterocycles. The Bertz CT molecular complexity index is 1090. The third-order valence-corrected chi connectivity index (χ3v) is 6.45. The molecule has 2 aliphatic rings. The van der Waals surface area contributed by atoms with Gasteiger partial charge in [0.25, 0.3) is 5.56 Å². The number of anilines is 3. The fourth-order valence-corrected chi connectivity index (χ4v) is 4.74. The Morgan fingerprint density at radius 3 is 2.61 bits per heavy atom. The highest BCUT2D eigenvalue weighted by atomic mass is 35.5. The number of aromatic nitrogens is 2. The van der Waals surface area contributed by atoms with Crippen molar-refractivity contribution < 1.29 is 9.59 Å². The van der Waals surface area contributed by atoms with Gasteiger partial charge in [0, 0.05) is 19.5 Å². The van der Waals surface area contributed by atoms with E-state index >= 15 is 0 Å². The van der Waals surface area contributed by atoms with E-state index in [1.54, 1.807) is 18.2 Å². The summed E-state index contributed by atoms with van der Waals surface area (Å²) >= 11 is 12.2. The normalized spacial score (nSPS) is 23.2. The van der Waals surface area contributed by atoms with Crippen molar-refractivity contribution >= 4 is 52.5 Å². The van der Waals surface area contributed by atoms with Crippen LogP contribution in [-0.2, 0) is 9.59 Å². The number of carbonyl (C=O) groups is 2. The summed E-state index contributed by atoms with van der Waals surface area (Å²) in [6.07, 6.45) is 0.940. The molecular formula is C21H23Cl2N5O3. The highest BCUT2D eigenvalue weighted by Crippen LogP contribution is 2.34. The van der Waals surface area contributed by atoms with Crippen LogP contribution in [0.15, 0.2) is 23.0 Å². The first kappa shape index (κ1) is 21.6. The van der Waals surface area contributed by atoms with Crippen LogP contribution < -0.4 is 21.1 Å². The van der Waals surface area contributed by atoms with E-state index in [0.717, 1.165) is 19.5 Å². The lowest BCUT2D eigenvalue weighted by Crippen LogP contribution is -2.42. The van der Waals surface area contributed by atoms with Gasteiger partial charge in [-0.05, 0) is 30.4 Å². The minimum absolute atomic E-state index is 0.123. The summed E-state index contributed by atoms with van der Waals surface area (Å²) in [4.78, 5) is 47.6. The molecule has 1 aromatic heterocycles. The van der Waals surface area contributed by atoms with Crippen molar-refractivity contribution in [3.05, 3.63) is 44.2 Å². The first-order chi connectivity index (χ1) is 14.7. The van der Waals surface area contributed by atoms with Gasteiger partial charge in [0.05, 0.1) is 27.2 Å². The fourth-order valence-electron chi connectivity index (χ4n) is 4.39.